The predicted molar refractivity (Wildman–Crippen MR) is 111 cm³/mol. The fourth-order valence-electron chi connectivity index (χ4n) is 3.13. The molecule has 0 aromatic heterocycles. The molecule has 0 radical (unpaired) electrons. The molecule has 29 heavy (non-hydrogen) atoms. The molecule has 0 saturated heterocycles. The molecule has 0 spiro atoms. The number of ether oxygens (including phenoxy) is 2. The molecule has 0 atom stereocenters. The topological polar surface area (TPSA) is 76.1 Å². The number of para-hydroxylation sites is 3. The number of aromatic carboxylic acids is 1. The molecule has 3 aromatic carbocycles. The van der Waals surface area contributed by atoms with Gasteiger partial charge in [0, 0.05) is 5.69 Å². The van der Waals surface area contributed by atoms with Gasteiger partial charge in [0.1, 0.15) is 5.75 Å². The Kier molecular flexibility index (Phi) is 6.14. The third kappa shape index (κ3) is 4.06. The third-order valence-electron chi connectivity index (χ3n) is 4.33. The van der Waals surface area contributed by atoms with Gasteiger partial charge in [0.2, 0.25) is 0 Å². The Hall–Kier alpha value is -3.80. The van der Waals surface area contributed by atoms with Crippen molar-refractivity contribution in [3.8, 4) is 5.75 Å². The number of carboxylic acid groups (broad SMARTS) is 1. The van der Waals surface area contributed by atoms with Gasteiger partial charge < -0.3 is 19.5 Å². The van der Waals surface area contributed by atoms with Crippen molar-refractivity contribution in [3.05, 3.63) is 83.9 Å². The molecule has 0 unspecified atom stereocenters. The van der Waals surface area contributed by atoms with Gasteiger partial charge in [-0.15, -0.1) is 0 Å². The maximum atomic E-state index is 12.4. The summed E-state index contributed by atoms with van der Waals surface area (Å²) >= 11 is 0. The summed E-state index contributed by atoms with van der Waals surface area (Å²) in [5.41, 5.74) is 1.55. The summed E-state index contributed by atoms with van der Waals surface area (Å²) < 4.78 is 10.6. The molecule has 0 saturated carbocycles. The van der Waals surface area contributed by atoms with Crippen LogP contribution < -0.4 is 9.64 Å². The van der Waals surface area contributed by atoms with E-state index in [2.05, 4.69) is 0 Å². The molecule has 0 aliphatic heterocycles. The van der Waals surface area contributed by atoms with Crippen LogP contribution in [0.1, 0.15) is 27.6 Å². The quantitative estimate of drug-likeness (QED) is 0.569. The maximum Gasteiger partial charge on any atom is 0.339 e. The highest BCUT2D eigenvalue weighted by Crippen LogP contribution is 2.42. The van der Waals surface area contributed by atoms with Crippen LogP contribution in [0.15, 0.2) is 72.8 Å². The molecular weight excluding hydrogens is 370 g/mol. The molecule has 0 bridgehead atoms. The molecule has 6 nitrogen and oxygen atoms in total. The Labute approximate surface area is 168 Å². The molecule has 148 valence electrons. The van der Waals surface area contributed by atoms with Crippen LogP contribution in [0.5, 0.6) is 5.75 Å². The van der Waals surface area contributed by atoms with Crippen LogP contribution in [0.25, 0.3) is 0 Å². The van der Waals surface area contributed by atoms with E-state index in [0.29, 0.717) is 17.1 Å². The number of rotatable bonds is 7. The Morgan fingerprint density at radius 2 is 1.55 bits per heavy atom. The zero-order valence-electron chi connectivity index (χ0n) is 16.2. The highest BCUT2D eigenvalue weighted by atomic mass is 16.5. The standard InChI is InChI=1S/C23H21NO5/c1-3-29-23(27)17-12-9-14-19(21(17)22(25)26)24(16-10-5-4-6-11-16)18-13-7-8-15-20(18)28-2/h4-15H,3H2,1-2H3,(H,25,26). The average molecular weight is 391 g/mol. The summed E-state index contributed by atoms with van der Waals surface area (Å²) in [5, 5.41) is 9.97. The lowest BCUT2D eigenvalue weighted by Crippen LogP contribution is -2.19. The minimum Gasteiger partial charge on any atom is -0.495 e. The van der Waals surface area contributed by atoms with Gasteiger partial charge in [-0.1, -0.05) is 36.4 Å². The van der Waals surface area contributed by atoms with E-state index in [4.69, 9.17) is 9.47 Å². The number of methoxy groups -OCH3 is 1. The second-order valence-electron chi connectivity index (χ2n) is 6.07. The van der Waals surface area contributed by atoms with Crippen molar-refractivity contribution in [2.45, 2.75) is 6.92 Å². The lowest BCUT2D eigenvalue weighted by Gasteiger charge is -2.28. The number of anilines is 3. The van der Waals surface area contributed by atoms with E-state index >= 15 is 0 Å². The van der Waals surface area contributed by atoms with Gasteiger partial charge in [-0.3, -0.25) is 0 Å². The Morgan fingerprint density at radius 1 is 0.897 bits per heavy atom. The SMILES string of the molecule is CCOC(=O)c1cccc(N(c2ccccc2)c2ccccc2OC)c1C(=O)O. The van der Waals surface area contributed by atoms with Crippen LogP contribution in [0.4, 0.5) is 17.1 Å². The summed E-state index contributed by atoms with van der Waals surface area (Å²) in [7, 11) is 1.55. The molecule has 0 aliphatic rings. The number of carboxylic acids is 1. The first-order valence-electron chi connectivity index (χ1n) is 9.10. The zero-order chi connectivity index (χ0) is 20.8. The van der Waals surface area contributed by atoms with Gasteiger partial charge in [-0.2, -0.15) is 0 Å². The minimum absolute atomic E-state index is 0.00678. The first-order chi connectivity index (χ1) is 14.1. The van der Waals surface area contributed by atoms with E-state index in [1.165, 1.54) is 6.07 Å². The molecular formula is C23H21NO5. The highest BCUT2D eigenvalue weighted by Gasteiger charge is 2.27. The summed E-state index contributed by atoms with van der Waals surface area (Å²) in [6.07, 6.45) is 0. The molecule has 1 N–H and O–H groups in total. The molecule has 6 heteroatoms. The van der Waals surface area contributed by atoms with Crippen molar-refractivity contribution in [1.82, 2.24) is 0 Å². The molecule has 3 aromatic rings. The number of hydrogen-bond acceptors (Lipinski definition) is 5. The van der Waals surface area contributed by atoms with Crippen molar-refractivity contribution < 1.29 is 24.2 Å². The molecule has 3 rings (SSSR count). The van der Waals surface area contributed by atoms with Crippen molar-refractivity contribution >= 4 is 29.0 Å². The first-order valence-corrected chi connectivity index (χ1v) is 9.10. The van der Waals surface area contributed by atoms with Crippen molar-refractivity contribution in [1.29, 1.82) is 0 Å². The number of benzene rings is 3. The van der Waals surface area contributed by atoms with Crippen molar-refractivity contribution in [2.75, 3.05) is 18.6 Å². The number of hydrogen-bond donors (Lipinski definition) is 1. The lowest BCUT2D eigenvalue weighted by atomic mass is 10.0. The summed E-state index contributed by atoms with van der Waals surface area (Å²) in [6, 6.07) is 21.3. The van der Waals surface area contributed by atoms with E-state index in [1.807, 2.05) is 48.5 Å². The average Bonchev–Trinajstić information content (AvgIpc) is 2.75. The predicted octanol–water partition coefficient (Wildman–Crippen LogP) is 5.04. The van der Waals surface area contributed by atoms with Crippen LogP contribution >= 0.6 is 0 Å². The fraction of sp³-hybridized carbons (Fsp3) is 0.130. The van der Waals surface area contributed by atoms with Gasteiger partial charge in [0.15, 0.2) is 0 Å². The van der Waals surface area contributed by atoms with E-state index in [1.54, 1.807) is 37.1 Å². The normalized spacial score (nSPS) is 10.3. The second-order valence-corrected chi connectivity index (χ2v) is 6.07. The number of esters is 1. The van der Waals surface area contributed by atoms with E-state index in [-0.39, 0.29) is 17.7 Å². The summed E-state index contributed by atoms with van der Waals surface area (Å²) in [4.78, 5) is 26.4. The van der Waals surface area contributed by atoms with Gasteiger partial charge in [-0.25, -0.2) is 9.59 Å². The molecule has 0 heterocycles. The number of carbonyl (C=O) groups excluding carboxylic acids is 1. The number of nitrogens with zero attached hydrogens (tertiary/aromatic N) is 1. The molecule has 0 aliphatic carbocycles. The second kappa shape index (κ2) is 8.93. The van der Waals surface area contributed by atoms with Crippen molar-refractivity contribution in [2.24, 2.45) is 0 Å². The summed E-state index contributed by atoms with van der Waals surface area (Å²) in [5.74, 6) is -1.34. The highest BCUT2D eigenvalue weighted by molar-refractivity contribution is 6.08. The fourth-order valence-corrected chi connectivity index (χ4v) is 3.13. The van der Waals surface area contributed by atoms with Crippen LogP contribution in [-0.2, 0) is 4.74 Å². The monoisotopic (exact) mass is 391 g/mol. The smallest absolute Gasteiger partial charge is 0.339 e. The zero-order valence-corrected chi connectivity index (χ0v) is 16.2. The largest absolute Gasteiger partial charge is 0.495 e. The van der Waals surface area contributed by atoms with Crippen LogP contribution in [0.3, 0.4) is 0 Å². The van der Waals surface area contributed by atoms with Crippen molar-refractivity contribution in [3.63, 3.8) is 0 Å². The van der Waals surface area contributed by atoms with Gasteiger partial charge in [0.05, 0.1) is 36.2 Å². The van der Waals surface area contributed by atoms with E-state index < -0.39 is 11.9 Å². The first kappa shape index (κ1) is 19.9. The minimum atomic E-state index is -1.22. The molecule has 0 fully saturated rings. The Balaban J connectivity index is 2.31. The Morgan fingerprint density at radius 3 is 2.21 bits per heavy atom. The Bertz CT molecular complexity index is 1020. The molecule has 0 amide bonds. The van der Waals surface area contributed by atoms with Crippen LogP contribution in [0.2, 0.25) is 0 Å². The number of carbonyl (C=O) groups is 2. The van der Waals surface area contributed by atoms with E-state index in [0.717, 1.165) is 5.69 Å². The van der Waals surface area contributed by atoms with Gasteiger partial charge >= 0.3 is 11.9 Å². The van der Waals surface area contributed by atoms with E-state index in [9.17, 15) is 14.7 Å². The maximum absolute atomic E-state index is 12.4. The lowest BCUT2D eigenvalue weighted by molar-refractivity contribution is 0.0514. The van der Waals surface area contributed by atoms with Crippen LogP contribution in [-0.4, -0.2) is 30.8 Å². The third-order valence-corrected chi connectivity index (χ3v) is 4.33. The van der Waals surface area contributed by atoms with Gasteiger partial charge in [-0.05, 0) is 43.3 Å². The summed E-state index contributed by atoms with van der Waals surface area (Å²) in [6.45, 7) is 1.82. The van der Waals surface area contributed by atoms with Crippen LogP contribution in [0, 0.1) is 0 Å². The van der Waals surface area contributed by atoms with Gasteiger partial charge in [0.25, 0.3) is 0 Å².